The van der Waals surface area contributed by atoms with Gasteiger partial charge in [0.05, 0.1) is 11.4 Å². The van der Waals surface area contributed by atoms with Gasteiger partial charge in [-0.15, -0.1) is 6.42 Å². The Hall–Kier alpha value is -3.01. The van der Waals surface area contributed by atoms with Crippen LogP contribution in [0.25, 0.3) is 16.8 Å². The van der Waals surface area contributed by atoms with E-state index in [0.717, 1.165) is 37.5 Å². The molecule has 0 atom stereocenters. The summed E-state index contributed by atoms with van der Waals surface area (Å²) in [7, 11) is 0. The van der Waals surface area contributed by atoms with Gasteiger partial charge in [-0.2, -0.15) is 0 Å². The van der Waals surface area contributed by atoms with Crippen LogP contribution in [0.4, 0.5) is 4.79 Å². The zero-order valence-corrected chi connectivity index (χ0v) is 18.2. The molecule has 1 heterocycles. The summed E-state index contributed by atoms with van der Waals surface area (Å²) in [4.78, 5) is 25.9. The number of benzene rings is 3. The summed E-state index contributed by atoms with van der Waals surface area (Å²) >= 11 is 4.34. The Labute approximate surface area is 187 Å². The number of ether oxygens (including phenoxy) is 1. The summed E-state index contributed by atoms with van der Waals surface area (Å²) in [6, 6.07) is 19.8. The van der Waals surface area contributed by atoms with Crippen molar-refractivity contribution in [2.75, 3.05) is 6.54 Å². The van der Waals surface area contributed by atoms with Gasteiger partial charge in [-0.25, -0.2) is 0 Å². The summed E-state index contributed by atoms with van der Waals surface area (Å²) in [6.45, 7) is 0.341. The maximum atomic E-state index is 12.5. The molecule has 1 saturated heterocycles. The molecule has 30 heavy (non-hydrogen) atoms. The number of carbonyl (C=O) groups is 2. The summed E-state index contributed by atoms with van der Waals surface area (Å²) in [5.74, 6) is 2.57. The topological polar surface area (TPSA) is 46.6 Å². The van der Waals surface area contributed by atoms with Crippen LogP contribution < -0.4 is 4.74 Å². The van der Waals surface area contributed by atoms with Crippen molar-refractivity contribution >= 4 is 55.7 Å². The SMILES string of the molecule is C#CCN1C(=O)S/C(=C/c2cc(Br)ccc2OCc2cccc3ccccc23)C1=O. The highest BCUT2D eigenvalue weighted by molar-refractivity contribution is 9.10. The number of rotatable bonds is 5. The zero-order valence-electron chi connectivity index (χ0n) is 15.8. The molecule has 0 aromatic heterocycles. The first-order chi connectivity index (χ1) is 14.6. The predicted octanol–water partition coefficient (Wildman–Crippen LogP) is 5.85. The van der Waals surface area contributed by atoms with Gasteiger partial charge in [0, 0.05) is 10.0 Å². The third kappa shape index (κ3) is 4.13. The van der Waals surface area contributed by atoms with Gasteiger partial charge >= 0.3 is 0 Å². The Balaban J connectivity index is 1.62. The van der Waals surface area contributed by atoms with Crippen LogP contribution in [0.2, 0.25) is 0 Å². The van der Waals surface area contributed by atoms with E-state index in [4.69, 9.17) is 11.2 Å². The molecule has 1 aliphatic heterocycles. The number of carbonyl (C=O) groups excluding carboxylic acids is 2. The van der Waals surface area contributed by atoms with Gasteiger partial charge in [0.15, 0.2) is 0 Å². The molecule has 1 aliphatic rings. The summed E-state index contributed by atoms with van der Waals surface area (Å²) in [5, 5.41) is 1.92. The number of imide groups is 1. The van der Waals surface area contributed by atoms with E-state index in [0.29, 0.717) is 22.8 Å². The molecule has 148 valence electrons. The highest BCUT2D eigenvalue weighted by atomic mass is 79.9. The lowest BCUT2D eigenvalue weighted by molar-refractivity contribution is -0.122. The Bertz CT molecular complexity index is 1220. The minimum atomic E-state index is -0.386. The highest BCUT2D eigenvalue weighted by Gasteiger charge is 2.34. The average molecular weight is 478 g/mol. The van der Waals surface area contributed by atoms with Gasteiger partial charge in [-0.1, -0.05) is 64.3 Å². The number of terminal acetylenes is 1. The van der Waals surface area contributed by atoms with E-state index in [2.05, 4.69) is 40.0 Å². The quantitative estimate of drug-likeness (QED) is 0.341. The van der Waals surface area contributed by atoms with Crippen LogP contribution in [-0.4, -0.2) is 22.6 Å². The van der Waals surface area contributed by atoms with Crippen molar-refractivity contribution in [3.63, 3.8) is 0 Å². The van der Waals surface area contributed by atoms with Crippen LogP contribution in [0.1, 0.15) is 11.1 Å². The Morgan fingerprint density at radius 3 is 2.73 bits per heavy atom. The van der Waals surface area contributed by atoms with Crippen molar-refractivity contribution in [1.29, 1.82) is 0 Å². The standard InChI is InChI=1S/C24H16BrNO3S/c1-2-12-26-23(27)22(30-24(26)28)14-18-13-19(25)10-11-21(18)29-15-17-8-5-7-16-6-3-4-9-20(16)17/h1,3-11,13-14H,12,15H2/b22-14+. The molecule has 3 aromatic rings. The third-order valence-electron chi connectivity index (χ3n) is 4.64. The molecule has 0 radical (unpaired) electrons. The van der Waals surface area contributed by atoms with Gasteiger partial charge in [0.1, 0.15) is 12.4 Å². The molecule has 2 amide bonds. The summed E-state index contributed by atoms with van der Waals surface area (Å²) in [6.07, 6.45) is 6.93. The number of thioether (sulfide) groups is 1. The smallest absolute Gasteiger partial charge is 0.294 e. The number of nitrogens with zero attached hydrogens (tertiary/aromatic N) is 1. The molecule has 1 fully saturated rings. The Morgan fingerprint density at radius 1 is 1.10 bits per heavy atom. The molecule has 0 saturated carbocycles. The maximum Gasteiger partial charge on any atom is 0.294 e. The number of hydrogen-bond acceptors (Lipinski definition) is 4. The zero-order chi connectivity index (χ0) is 21.1. The van der Waals surface area contributed by atoms with E-state index in [1.807, 2.05) is 42.5 Å². The van der Waals surface area contributed by atoms with Gasteiger partial charge in [-0.3, -0.25) is 14.5 Å². The van der Waals surface area contributed by atoms with E-state index in [1.54, 1.807) is 6.08 Å². The fraction of sp³-hybridized carbons (Fsp3) is 0.0833. The normalized spacial score (nSPS) is 15.1. The van der Waals surface area contributed by atoms with Crippen molar-refractivity contribution in [1.82, 2.24) is 4.90 Å². The molecule has 4 rings (SSSR count). The number of amides is 2. The second-order valence-electron chi connectivity index (χ2n) is 6.58. The first kappa shape index (κ1) is 20.3. The number of fused-ring (bicyclic) bond motifs is 1. The average Bonchev–Trinajstić information content (AvgIpc) is 3.01. The monoisotopic (exact) mass is 477 g/mol. The molecule has 0 N–H and O–H groups in total. The first-order valence-corrected chi connectivity index (χ1v) is 10.8. The highest BCUT2D eigenvalue weighted by Crippen LogP contribution is 2.35. The van der Waals surface area contributed by atoms with Crippen molar-refractivity contribution in [2.24, 2.45) is 0 Å². The molecular weight excluding hydrogens is 462 g/mol. The van der Waals surface area contributed by atoms with Crippen LogP contribution >= 0.6 is 27.7 Å². The van der Waals surface area contributed by atoms with Gasteiger partial charge in [0.2, 0.25) is 0 Å². The predicted molar refractivity (Wildman–Crippen MR) is 124 cm³/mol. The van der Waals surface area contributed by atoms with Gasteiger partial charge < -0.3 is 4.74 Å². The van der Waals surface area contributed by atoms with E-state index in [9.17, 15) is 9.59 Å². The van der Waals surface area contributed by atoms with Crippen LogP contribution in [0, 0.1) is 12.3 Å². The minimum Gasteiger partial charge on any atom is -0.488 e. The summed E-state index contributed by atoms with van der Waals surface area (Å²) < 4.78 is 6.96. The van der Waals surface area contributed by atoms with Crippen molar-refractivity contribution < 1.29 is 14.3 Å². The fourth-order valence-corrected chi connectivity index (χ4v) is 4.41. The molecule has 6 heteroatoms. The lowest BCUT2D eigenvalue weighted by Crippen LogP contribution is -2.28. The lowest BCUT2D eigenvalue weighted by Gasteiger charge is -2.12. The molecule has 0 spiro atoms. The van der Waals surface area contributed by atoms with Crippen LogP contribution in [0.5, 0.6) is 5.75 Å². The molecular formula is C24H16BrNO3S. The van der Waals surface area contributed by atoms with E-state index in [-0.39, 0.29) is 17.7 Å². The minimum absolute atomic E-state index is 0.0368. The third-order valence-corrected chi connectivity index (χ3v) is 6.05. The summed E-state index contributed by atoms with van der Waals surface area (Å²) in [5.41, 5.74) is 1.77. The first-order valence-electron chi connectivity index (χ1n) is 9.14. The lowest BCUT2D eigenvalue weighted by atomic mass is 10.1. The van der Waals surface area contributed by atoms with Crippen molar-refractivity contribution in [3.05, 3.63) is 81.2 Å². The van der Waals surface area contributed by atoms with Crippen molar-refractivity contribution in [2.45, 2.75) is 6.61 Å². The van der Waals surface area contributed by atoms with Gasteiger partial charge in [0.25, 0.3) is 11.1 Å². The van der Waals surface area contributed by atoms with E-state index < -0.39 is 0 Å². The maximum absolute atomic E-state index is 12.5. The molecule has 0 aliphatic carbocycles. The second kappa shape index (κ2) is 8.78. The molecule has 3 aromatic carbocycles. The molecule has 0 unspecified atom stereocenters. The number of hydrogen-bond donors (Lipinski definition) is 0. The van der Waals surface area contributed by atoms with E-state index >= 15 is 0 Å². The number of halogens is 1. The van der Waals surface area contributed by atoms with Crippen LogP contribution in [-0.2, 0) is 11.4 Å². The van der Waals surface area contributed by atoms with Gasteiger partial charge in [-0.05, 0) is 52.4 Å². The Morgan fingerprint density at radius 2 is 1.90 bits per heavy atom. The molecule has 4 nitrogen and oxygen atoms in total. The largest absolute Gasteiger partial charge is 0.488 e. The fourth-order valence-electron chi connectivity index (χ4n) is 3.21. The Kier molecular flexibility index (Phi) is 5.93. The van der Waals surface area contributed by atoms with E-state index in [1.165, 1.54) is 0 Å². The van der Waals surface area contributed by atoms with Crippen LogP contribution in [0.15, 0.2) is 70.0 Å². The molecule has 0 bridgehead atoms. The van der Waals surface area contributed by atoms with Crippen LogP contribution in [0.3, 0.4) is 0 Å². The second-order valence-corrected chi connectivity index (χ2v) is 8.49. The van der Waals surface area contributed by atoms with Crippen molar-refractivity contribution in [3.8, 4) is 18.1 Å².